The molecular formula is C15H21ClN2O2. The predicted molar refractivity (Wildman–Crippen MR) is 80.7 cm³/mol. The minimum atomic E-state index is 0. The SMILES string of the molecule is COc1ccccc1C(=O)N1CCC2CCC(C1)N2.Cl. The molecule has 110 valence electrons. The summed E-state index contributed by atoms with van der Waals surface area (Å²) < 4.78 is 5.29. The fourth-order valence-corrected chi connectivity index (χ4v) is 3.12. The smallest absolute Gasteiger partial charge is 0.257 e. The van der Waals surface area contributed by atoms with E-state index < -0.39 is 0 Å². The largest absolute Gasteiger partial charge is 0.496 e. The Bertz CT molecular complexity index is 481. The number of fused-ring (bicyclic) bond motifs is 2. The van der Waals surface area contributed by atoms with Crippen LogP contribution in [-0.2, 0) is 0 Å². The van der Waals surface area contributed by atoms with E-state index in [0.29, 0.717) is 23.4 Å². The van der Waals surface area contributed by atoms with Crippen LogP contribution >= 0.6 is 12.4 Å². The number of amides is 1. The Morgan fingerprint density at radius 3 is 2.80 bits per heavy atom. The Balaban J connectivity index is 0.00000147. The van der Waals surface area contributed by atoms with Gasteiger partial charge in [0.1, 0.15) is 5.75 Å². The summed E-state index contributed by atoms with van der Waals surface area (Å²) in [6, 6.07) is 8.53. The van der Waals surface area contributed by atoms with Crippen LogP contribution in [0.25, 0.3) is 0 Å². The van der Waals surface area contributed by atoms with Crippen molar-refractivity contribution < 1.29 is 9.53 Å². The molecule has 2 unspecified atom stereocenters. The Morgan fingerprint density at radius 1 is 1.25 bits per heavy atom. The zero-order chi connectivity index (χ0) is 13.2. The first kappa shape index (κ1) is 15.1. The summed E-state index contributed by atoms with van der Waals surface area (Å²) in [6.07, 6.45) is 3.49. The standard InChI is InChI=1S/C15H20N2O2.ClH/c1-19-14-5-3-2-4-13(14)15(18)17-9-8-11-6-7-12(10-17)16-11;/h2-5,11-12,16H,6-10H2,1H3;1H. The number of halogens is 1. The van der Waals surface area contributed by atoms with Crippen LogP contribution in [0.1, 0.15) is 29.6 Å². The number of nitrogens with one attached hydrogen (secondary N) is 1. The van der Waals surface area contributed by atoms with Crippen molar-refractivity contribution in [2.45, 2.75) is 31.3 Å². The average Bonchev–Trinajstić information content (AvgIpc) is 2.77. The number of hydrogen-bond acceptors (Lipinski definition) is 3. The maximum Gasteiger partial charge on any atom is 0.257 e. The maximum absolute atomic E-state index is 12.6. The molecule has 0 aliphatic carbocycles. The van der Waals surface area contributed by atoms with E-state index in [2.05, 4.69) is 5.32 Å². The summed E-state index contributed by atoms with van der Waals surface area (Å²) in [5, 5.41) is 3.59. The molecule has 0 spiro atoms. The van der Waals surface area contributed by atoms with Gasteiger partial charge in [0.15, 0.2) is 0 Å². The molecule has 2 aliphatic heterocycles. The first-order chi connectivity index (χ1) is 9.28. The van der Waals surface area contributed by atoms with Crippen LogP contribution in [0.3, 0.4) is 0 Å². The predicted octanol–water partition coefficient (Wildman–Crippen LogP) is 2.08. The average molecular weight is 297 g/mol. The second-order valence-electron chi connectivity index (χ2n) is 5.38. The van der Waals surface area contributed by atoms with Gasteiger partial charge in [0.25, 0.3) is 5.91 Å². The molecule has 2 bridgehead atoms. The van der Waals surface area contributed by atoms with Crippen LogP contribution in [0, 0.1) is 0 Å². The van der Waals surface area contributed by atoms with Gasteiger partial charge in [-0.2, -0.15) is 0 Å². The second kappa shape index (κ2) is 6.46. The van der Waals surface area contributed by atoms with Crippen molar-refractivity contribution in [2.24, 2.45) is 0 Å². The van der Waals surface area contributed by atoms with E-state index in [1.54, 1.807) is 7.11 Å². The van der Waals surface area contributed by atoms with Crippen molar-refractivity contribution in [3.8, 4) is 5.75 Å². The highest BCUT2D eigenvalue weighted by Gasteiger charge is 2.32. The summed E-state index contributed by atoms with van der Waals surface area (Å²) in [4.78, 5) is 14.6. The molecule has 0 radical (unpaired) electrons. The number of hydrogen-bond donors (Lipinski definition) is 1. The summed E-state index contributed by atoms with van der Waals surface area (Å²) in [5.74, 6) is 0.752. The number of nitrogens with zero attached hydrogens (tertiary/aromatic N) is 1. The number of para-hydroxylation sites is 1. The molecule has 2 aliphatic rings. The van der Waals surface area contributed by atoms with Crippen LogP contribution in [0.15, 0.2) is 24.3 Å². The molecule has 1 aromatic rings. The van der Waals surface area contributed by atoms with E-state index in [0.717, 1.165) is 19.5 Å². The molecular weight excluding hydrogens is 276 g/mol. The number of benzene rings is 1. The molecule has 5 heteroatoms. The van der Waals surface area contributed by atoms with E-state index in [4.69, 9.17) is 4.74 Å². The van der Waals surface area contributed by atoms with Gasteiger partial charge in [0, 0.05) is 25.2 Å². The monoisotopic (exact) mass is 296 g/mol. The zero-order valence-corrected chi connectivity index (χ0v) is 12.5. The van der Waals surface area contributed by atoms with Crippen LogP contribution in [0.4, 0.5) is 0 Å². The Hall–Kier alpha value is -1.26. The molecule has 0 aromatic heterocycles. The first-order valence-electron chi connectivity index (χ1n) is 6.96. The van der Waals surface area contributed by atoms with Crippen molar-refractivity contribution >= 4 is 18.3 Å². The van der Waals surface area contributed by atoms with Crippen molar-refractivity contribution in [1.82, 2.24) is 10.2 Å². The third-order valence-corrected chi connectivity index (χ3v) is 4.15. The minimum absolute atomic E-state index is 0. The van der Waals surface area contributed by atoms with E-state index in [-0.39, 0.29) is 18.3 Å². The molecule has 1 N–H and O–H groups in total. The van der Waals surface area contributed by atoms with Crippen molar-refractivity contribution in [3.05, 3.63) is 29.8 Å². The van der Waals surface area contributed by atoms with E-state index >= 15 is 0 Å². The molecule has 2 heterocycles. The molecule has 4 nitrogen and oxygen atoms in total. The van der Waals surface area contributed by atoms with Crippen LogP contribution < -0.4 is 10.1 Å². The molecule has 0 saturated carbocycles. The number of rotatable bonds is 2. The third kappa shape index (κ3) is 2.91. The lowest BCUT2D eigenvalue weighted by molar-refractivity contribution is 0.0745. The fourth-order valence-electron chi connectivity index (χ4n) is 3.12. The lowest BCUT2D eigenvalue weighted by Crippen LogP contribution is -2.39. The number of carbonyl (C=O) groups is 1. The fraction of sp³-hybridized carbons (Fsp3) is 0.533. The van der Waals surface area contributed by atoms with Crippen LogP contribution in [0.5, 0.6) is 5.75 Å². The molecule has 3 rings (SSSR count). The van der Waals surface area contributed by atoms with Gasteiger partial charge < -0.3 is 15.0 Å². The molecule has 1 amide bonds. The van der Waals surface area contributed by atoms with Gasteiger partial charge >= 0.3 is 0 Å². The lowest BCUT2D eigenvalue weighted by Gasteiger charge is -2.25. The van der Waals surface area contributed by atoms with Gasteiger partial charge in [-0.3, -0.25) is 4.79 Å². The summed E-state index contributed by atoms with van der Waals surface area (Å²) in [5.41, 5.74) is 0.669. The van der Waals surface area contributed by atoms with Gasteiger partial charge in [0.05, 0.1) is 12.7 Å². The number of methoxy groups -OCH3 is 1. The van der Waals surface area contributed by atoms with Gasteiger partial charge in [-0.25, -0.2) is 0 Å². The highest BCUT2D eigenvalue weighted by molar-refractivity contribution is 5.97. The topological polar surface area (TPSA) is 41.6 Å². The molecule has 2 saturated heterocycles. The second-order valence-corrected chi connectivity index (χ2v) is 5.38. The number of carbonyl (C=O) groups excluding carboxylic acids is 1. The highest BCUT2D eigenvalue weighted by atomic mass is 35.5. The third-order valence-electron chi connectivity index (χ3n) is 4.15. The Labute approximate surface area is 125 Å². The van der Waals surface area contributed by atoms with Crippen molar-refractivity contribution in [1.29, 1.82) is 0 Å². The summed E-state index contributed by atoms with van der Waals surface area (Å²) in [7, 11) is 1.61. The van der Waals surface area contributed by atoms with Crippen LogP contribution in [-0.4, -0.2) is 43.1 Å². The Kier molecular flexibility index (Phi) is 4.89. The van der Waals surface area contributed by atoms with Gasteiger partial charge in [-0.05, 0) is 31.4 Å². The molecule has 2 atom stereocenters. The van der Waals surface area contributed by atoms with Crippen LogP contribution in [0.2, 0.25) is 0 Å². The van der Waals surface area contributed by atoms with E-state index in [1.165, 1.54) is 12.8 Å². The number of ether oxygens (including phenoxy) is 1. The first-order valence-corrected chi connectivity index (χ1v) is 6.96. The van der Waals surface area contributed by atoms with Crippen molar-refractivity contribution in [3.63, 3.8) is 0 Å². The Morgan fingerprint density at radius 2 is 2.00 bits per heavy atom. The van der Waals surface area contributed by atoms with Crippen molar-refractivity contribution in [2.75, 3.05) is 20.2 Å². The maximum atomic E-state index is 12.6. The normalized spacial score (nSPS) is 24.8. The molecule has 2 fully saturated rings. The summed E-state index contributed by atoms with van der Waals surface area (Å²) >= 11 is 0. The highest BCUT2D eigenvalue weighted by Crippen LogP contribution is 2.24. The lowest BCUT2D eigenvalue weighted by atomic mass is 10.1. The zero-order valence-electron chi connectivity index (χ0n) is 11.7. The molecule has 1 aromatic carbocycles. The quantitative estimate of drug-likeness (QED) is 0.908. The van der Waals surface area contributed by atoms with E-state index in [1.807, 2.05) is 29.2 Å². The minimum Gasteiger partial charge on any atom is -0.496 e. The number of likely N-dealkylation sites (tertiary alicyclic amines) is 1. The van der Waals surface area contributed by atoms with E-state index in [9.17, 15) is 4.79 Å². The van der Waals surface area contributed by atoms with Gasteiger partial charge in [-0.1, -0.05) is 12.1 Å². The summed E-state index contributed by atoms with van der Waals surface area (Å²) in [6.45, 7) is 1.65. The van der Waals surface area contributed by atoms with Gasteiger partial charge in [-0.15, -0.1) is 12.4 Å². The van der Waals surface area contributed by atoms with Gasteiger partial charge in [0.2, 0.25) is 0 Å². The molecule has 20 heavy (non-hydrogen) atoms.